The van der Waals surface area contributed by atoms with Crippen LogP contribution in [0.4, 0.5) is 0 Å². The summed E-state index contributed by atoms with van der Waals surface area (Å²) in [4.78, 5) is 21.3. The predicted molar refractivity (Wildman–Crippen MR) is 80.4 cm³/mol. The van der Waals surface area contributed by atoms with Crippen LogP contribution in [0.1, 0.15) is 27.6 Å². The third-order valence-electron chi connectivity index (χ3n) is 3.30. The molecule has 2 N–H and O–H groups in total. The second-order valence-electron chi connectivity index (χ2n) is 4.75. The quantitative estimate of drug-likeness (QED) is 0.843. The molecule has 0 aliphatic carbocycles. The van der Waals surface area contributed by atoms with Crippen molar-refractivity contribution in [2.75, 3.05) is 6.54 Å². The molecule has 0 atom stereocenters. The zero-order chi connectivity index (χ0) is 14.7. The minimum atomic E-state index is -0.971. The molecule has 1 aromatic heterocycles. The van der Waals surface area contributed by atoms with Gasteiger partial charge in [0.05, 0.1) is 11.4 Å². The number of carboxylic acids is 1. The Bertz CT molecular complexity index is 661. The number of thioether (sulfide) groups is 1. The van der Waals surface area contributed by atoms with Gasteiger partial charge in [-0.15, -0.1) is 11.8 Å². The zero-order valence-electron chi connectivity index (χ0n) is 11.4. The second kappa shape index (κ2) is 6.24. The van der Waals surface area contributed by atoms with Gasteiger partial charge >= 0.3 is 5.97 Å². The summed E-state index contributed by atoms with van der Waals surface area (Å²) in [5.74, 6) is 0.169. The highest BCUT2D eigenvalue weighted by Gasteiger charge is 2.21. The van der Waals surface area contributed by atoms with Crippen LogP contribution in [-0.4, -0.2) is 27.6 Å². The van der Waals surface area contributed by atoms with Crippen molar-refractivity contribution >= 4 is 17.7 Å². The normalized spacial score (nSPS) is 13.7. The summed E-state index contributed by atoms with van der Waals surface area (Å²) in [5.41, 5.74) is 1.75. The Hall–Kier alpha value is -1.92. The minimum absolute atomic E-state index is 0.158. The van der Waals surface area contributed by atoms with E-state index in [1.807, 2.05) is 30.3 Å². The van der Waals surface area contributed by atoms with Crippen LogP contribution in [-0.2, 0) is 18.7 Å². The van der Waals surface area contributed by atoms with Crippen molar-refractivity contribution in [2.24, 2.45) is 0 Å². The number of nitrogens with one attached hydrogen (secondary N) is 1. The molecule has 108 valence electrons. The maximum atomic E-state index is 11.4. The number of hydrogen-bond acceptors (Lipinski definition) is 5. The van der Waals surface area contributed by atoms with Gasteiger partial charge in [-0.3, -0.25) is 0 Å². The molecule has 5 nitrogen and oxygen atoms in total. The number of nitrogens with zero attached hydrogens (tertiary/aromatic N) is 2. The van der Waals surface area contributed by atoms with Crippen LogP contribution >= 0.6 is 11.8 Å². The highest BCUT2D eigenvalue weighted by atomic mass is 32.2. The van der Waals surface area contributed by atoms with E-state index in [4.69, 9.17) is 0 Å². The summed E-state index contributed by atoms with van der Waals surface area (Å²) in [7, 11) is 0. The molecular weight excluding hydrogens is 286 g/mol. The van der Waals surface area contributed by atoms with Crippen LogP contribution in [0.5, 0.6) is 0 Å². The maximum absolute atomic E-state index is 11.4. The Kier molecular flexibility index (Phi) is 4.17. The number of carbonyl (C=O) groups is 1. The van der Waals surface area contributed by atoms with Gasteiger partial charge in [-0.05, 0) is 25.1 Å². The predicted octanol–water partition coefficient (Wildman–Crippen LogP) is 2.11. The van der Waals surface area contributed by atoms with Crippen molar-refractivity contribution in [2.45, 2.75) is 23.6 Å². The first-order valence-corrected chi connectivity index (χ1v) is 7.73. The van der Waals surface area contributed by atoms with E-state index in [9.17, 15) is 9.90 Å². The summed E-state index contributed by atoms with van der Waals surface area (Å²) in [6.45, 7) is 1.38. The smallest absolute Gasteiger partial charge is 0.354 e. The molecular formula is C15H15N3O2S. The van der Waals surface area contributed by atoms with E-state index in [1.165, 1.54) is 0 Å². The van der Waals surface area contributed by atoms with Crippen molar-refractivity contribution < 1.29 is 9.90 Å². The van der Waals surface area contributed by atoms with Gasteiger partial charge in [-0.25, -0.2) is 14.8 Å². The van der Waals surface area contributed by atoms with Gasteiger partial charge in [0.15, 0.2) is 5.69 Å². The van der Waals surface area contributed by atoms with Crippen LogP contribution in [0.2, 0.25) is 0 Å². The molecule has 1 aliphatic heterocycles. The second-order valence-corrected chi connectivity index (χ2v) is 5.80. The SMILES string of the molecule is O=C(O)c1nc(CSc2ccccc2)nc2c1CCNC2. The molecule has 0 radical (unpaired) electrons. The molecule has 0 spiro atoms. The molecule has 1 aliphatic rings. The molecule has 1 aromatic carbocycles. The fraction of sp³-hybridized carbons (Fsp3) is 0.267. The number of aromatic carboxylic acids is 1. The van der Waals surface area contributed by atoms with E-state index in [2.05, 4.69) is 15.3 Å². The third kappa shape index (κ3) is 3.22. The summed E-state index contributed by atoms with van der Waals surface area (Å²) in [6, 6.07) is 9.95. The molecule has 2 heterocycles. The maximum Gasteiger partial charge on any atom is 0.354 e. The third-order valence-corrected chi connectivity index (χ3v) is 4.31. The van der Waals surface area contributed by atoms with Gasteiger partial charge in [-0.1, -0.05) is 18.2 Å². The number of fused-ring (bicyclic) bond motifs is 1. The Labute approximate surface area is 126 Å². The summed E-state index contributed by atoms with van der Waals surface area (Å²) >= 11 is 1.61. The van der Waals surface area contributed by atoms with E-state index >= 15 is 0 Å². The van der Waals surface area contributed by atoms with Crippen molar-refractivity contribution in [3.8, 4) is 0 Å². The highest BCUT2D eigenvalue weighted by molar-refractivity contribution is 7.98. The van der Waals surface area contributed by atoms with E-state index in [1.54, 1.807) is 11.8 Å². The Morgan fingerprint density at radius 2 is 2.10 bits per heavy atom. The molecule has 0 unspecified atom stereocenters. The average Bonchev–Trinajstić information content (AvgIpc) is 2.53. The van der Waals surface area contributed by atoms with E-state index in [-0.39, 0.29) is 5.69 Å². The minimum Gasteiger partial charge on any atom is -0.477 e. The monoisotopic (exact) mass is 301 g/mol. The van der Waals surface area contributed by atoms with Gasteiger partial charge in [-0.2, -0.15) is 0 Å². The first kappa shape index (κ1) is 14.0. The molecule has 0 saturated carbocycles. The number of carboxylic acid groups (broad SMARTS) is 1. The molecule has 6 heteroatoms. The summed E-state index contributed by atoms with van der Waals surface area (Å²) < 4.78 is 0. The summed E-state index contributed by atoms with van der Waals surface area (Å²) in [5, 5.41) is 12.6. The van der Waals surface area contributed by atoms with Crippen molar-refractivity contribution in [3.05, 3.63) is 53.1 Å². The lowest BCUT2D eigenvalue weighted by Gasteiger charge is -2.18. The Morgan fingerprint density at radius 1 is 1.29 bits per heavy atom. The molecule has 0 saturated heterocycles. The molecule has 2 aromatic rings. The first-order chi connectivity index (χ1) is 10.2. The molecule has 21 heavy (non-hydrogen) atoms. The van der Waals surface area contributed by atoms with E-state index in [0.717, 1.165) is 22.7 Å². The highest BCUT2D eigenvalue weighted by Crippen LogP contribution is 2.23. The number of benzene rings is 1. The number of aromatic nitrogens is 2. The van der Waals surface area contributed by atoms with E-state index < -0.39 is 5.97 Å². The van der Waals surface area contributed by atoms with Crippen molar-refractivity contribution in [1.29, 1.82) is 0 Å². The lowest BCUT2D eigenvalue weighted by Crippen LogP contribution is -2.28. The van der Waals surface area contributed by atoms with Gasteiger partial charge in [0.2, 0.25) is 0 Å². The fourth-order valence-electron chi connectivity index (χ4n) is 2.32. The van der Waals surface area contributed by atoms with Crippen LogP contribution in [0.3, 0.4) is 0 Å². The van der Waals surface area contributed by atoms with Crippen molar-refractivity contribution in [3.63, 3.8) is 0 Å². The Balaban J connectivity index is 1.85. The first-order valence-electron chi connectivity index (χ1n) is 6.74. The van der Waals surface area contributed by atoms with Crippen LogP contribution < -0.4 is 5.32 Å². The van der Waals surface area contributed by atoms with Crippen LogP contribution in [0, 0.1) is 0 Å². The van der Waals surface area contributed by atoms with Gasteiger partial charge in [0.25, 0.3) is 0 Å². The lowest BCUT2D eigenvalue weighted by atomic mass is 10.0. The Morgan fingerprint density at radius 3 is 2.86 bits per heavy atom. The van der Waals surface area contributed by atoms with Gasteiger partial charge in [0.1, 0.15) is 5.82 Å². The largest absolute Gasteiger partial charge is 0.477 e. The van der Waals surface area contributed by atoms with E-state index in [0.29, 0.717) is 24.5 Å². The van der Waals surface area contributed by atoms with Crippen LogP contribution in [0.25, 0.3) is 0 Å². The van der Waals surface area contributed by atoms with Crippen molar-refractivity contribution in [1.82, 2.24) is 15.3 Å². The number of rotatable bonds is 4. The average molecular weight is 301 g/mol. The van der Waals surface area contributed by atoms with Gasteiger partial charge in [0, 0.05) is 17.0 Å². The zero-order valence-corrected chi connectivity index (χ0v) is 12.2. The molecule has 0 amide bonds. The topological polar surface area (TPSA) is 75.1 Å². The standard InChI is InChI=1S/C15H15N3O2S/c19-15(20)14-11-6-7-16-8-12(11)17-13(18-14)9-21-10-4-2-1-3-5-10/h1-5,16H,6-9H2,(H,19,20). The fourth-order valence-corrected chi connectivity index (χ4v) is 3.09. The number of hydrogen-bond donors (Lipinski definition) is 2. The molecule has 3 rings (SSSR count). The molecule has 0 bridgehead atoms. The molecule has 0 fully saturated rings. The lowest BCUT2D eigenvalue weighted by molar-refractivity contribution is 0.0688. The van der Waals surface area contributed by atoms with Crippen LogP contribution in [0.15, 0.2) is 35.2 Å². The van der Waals surface area contributed by atoms with Gasteiger partial charge < -0.3 is 10.4 Å². The summed E-state index contributed by atoms with van der Waals surface area (Å²) in [6.07, 6.45) is 0.670.